The summed E-state index contributed by atoms with van der Waals surface area (Å²) in [6.45, 7) is 5.08. The number of benzene rings is 1. The Morgan fingerprint density at radius 3 is 2.42 bits per heavy atom. The van der Waals surface area contributed by atoms with Crippen LogP contribution >= 0.6 is 0 Å². The highest BCUT2D eigenvalue weighted by Crippen LogP contribution is 2.16. The molecule has 1 rings (SSSR count). The molecule has 0 saturated carbocycles. The van der Waals surface area contributed by atoms with Gasteiger partial charge < -0.3 is 10.2 Å². The molecular formula is C16H25N3. The molecule has 1 N–H and O–H groups in total. The molecule has 0 spiro atoms. The summed E-state index contributed by atoms with van der Waals surface area (Å²) in [5, 5.41) is 12.2. The van der Waals surface area contributed by atoms with E-state index in [1.54, 1.807) is 0 Å². The van der Waals surface area contributed by atoms with Crippen LogP contribution in [0.15, 0.2) is 24.3 Å². The van der Waals surface area contributed by atoms with E-state index in [4.69, 9.17) is 5.26 Å². The van der Waals surface area contributed by atoms with Gasteiger partial charge in [-0.1, -0.05) is 19.1 Å². The summed E-state index contributed by atoms with van der Waals surface area (Å²) in [5.41, 5.74) is 2.19. The first-order chi connectivity index (χ1) is 9.04. The number of nitrogens with zero attached hydrogens (tertiary/aromatic N) is 2. The summed E-state index contributed by atoms with van der Waals surface area (Å²) in [4.78, 5) is 2.24. The Morgan fingerprint density at radius 1 is 1.32 bits per heavy atom. The van der Waals surface area contributed by atoms with Gasteiger partial charge in [-0.3, -0.25) is 0 Å². The summed E-state index contributed by atoms with van der Waals surface area (Å²) < 4.78 is 0. The van der Waals surface area contributed by atoms with Gasteiger partial charge in [0.25, 0.3) is 0 Å². The number of hydrogen-bond acceptors (Lipinski definition) is 3. The number of anilines is 1. The van der Waals surface area contributed by atoms with E-state index in [1.807, 2.05) is 14.0 Å². The molecule has 0 saturated heterocycles. The van der Waals surface area contributed by atoms with Crippen molar-refractivity contribution >= 4 is 5.69 Å². The van der Waals surface area contributed by atoms with Gasteiger partial charge in [0.1, 0.15) is 5.54 Å². The predicted molar refractivity (Wildman–Crippen MR) is 81.4 cm³/mol. The van der Waals surface area contributed by atoms with Gasteiger partial charge in [-0.25, -0.2) is 0 Å². The maximum absolute atomic E-state index is 9.10. The van der Waals surface area contributed by atoms with Crippen LogP contribution in [0.3, 0.4) is 0 Å². The van der Waals surface area contributed by atoms with Crippen molar-refractivity contribution in [3.8, 4) is 6.07 Å². The quantitative estimate of drug-likeness (QED) is 0.818. The molecule has 0 amide bonds. The first kappa shape index (κ1) is 15.5. The Hall–Kier alpha value is -1.53. The fourth-order valence-corrected chi connectivity index (χ4v) is 2.02. The van der Waals surface area contributed by atoms with Crippen LogP contribution in [-0.2, 0) is 6.42 Å². The summed E-state index contributed by atoms with van der Waals surface area (Å²) in [7, 11) is 3.94. The highest BCUT2D eigenvalue weighted by atomic mass is 15.1. The molecular weight excluding hydrogens is 234 g/mol. The summed E-state index contributed by atoms with van der Waals surface area (Å²) in [6.07, 6.45) is 2.93. The van der Waals surface area contributed by atoms with Crippen molar-refractivity contribution in [2.75, 3.05) is 25.5 Å². The van der Waals surface area contributed by atoms with Crippen molar-refractivity contribution in [2.24, 2.45) is 0 Å². The molecule has 0 aliphatic heterocycles. The number of hydrogen-bond donors (Lipinski definition) is 1. The van der Waals surface area contributed by atoms with Crippen molar-refractivity contribution in [3.63, 3.8) is 0 Å². The molecule has 1 atom stereocenters. The van der Waals surface area contributed by atoms with E-state index in [0.29, 0.717) is 0 Å². The maximum Gasteiger partial charge on any atom is 0.103 e. The SMILES string of the molecule is CCc1ccc(N(C)CCCC(C)(C#N)NC)cc1. The molecule has 0 bridgehead atoms. The highest BCUT2D eigenvalue weighted by molar-refractivity contribution is 5.46. The van der Waals surface area contributed by atoms with E-state index >= 15 is 0 Å². The molecule has 0 radical (unpaired) electrons. The van der Waals surface area contributed by atoms with E-state index in [2.05, 4.69) is 54.5 Å². The summed E-state index contributed by atoms with van der Waals surface area (Å²) in [5.74, 6) is 0. The lowest BCUT2D eigenvalue weighted by molar-refractivity contribution is 0.442. The molecule has 0 fully saturated rings. The largest absolute Gasteiger partial charge is 0.375 e. The smallest absolute Gasteiger partial charge is 0.103 e. The van der Waals surface area contributed by atoms with Crippen molar-refractivity contribution in [3.05, 3.63) is 29.8 Å². The fourth-order valence-electron chi connectivity index (χ4n) is 2.02. The first-order valence-corrected chi connectivity index (χ1v) is 6.95. The lowest BCUT2D eigenvalue weighted by Gasteiger charge is -2.24. The third-order valence-corrected chi connectivity index (χ3v) is 3.75. The summed E-state index contributed by atoms with van der Waals surface area (Å²) >= 11 is 0. The third kappa shape index (κ3) is 4.57. The Labute approximate surface area is 117 Å². The van der Waals surface area contributed by atoms with Crippen LogP contribution in [0.1, 0.15) is 32.3 Å². The van der Waals surface area contributed by atoms with Crippen LogP contribution in [0.2, 0.25) is 0 Å². The molecule has 0 heterocycles. The van der Waals surface area contributed by atoms with E-state index in [-0.39, 0.29) is 0 Å². The van der Waals surface area contributed by atoms with Crippen LogP contribution < -0.4 is 10.2 Å². The molecule has 3 heteroatoms. The normalized spacial score (nSPS) is 13.6. The predicted octanol–water partition coefficient (Wildman–Crippen LogP) is 2.97. The second-order valence-electron chi connectivity index (χ2n) is 5.24. The minimum atomic E-state index is -0.410. The number of nitrogens with one attached hydrogen (secondary N) is 1. The van der Waals surface area contributed by atoms with Gasteiger partial charge in [0.15, 0.2) is 0 Å². The molecule has 0 aromatic heterocycles. The van der Waals surface area contributed by atoms with Gasteiger partial charge in [0, 0.05) is 19.3 Å². The van der Waals surface area contributed by atoms with Crippen LogP contribution in [0.25, 0.3) is 0 Å². The van der Waals surface area contributed by atoms with Crippen molar-refractivity contribution < 1.29 is 0 Å². The molecule has 1 unspecified atom stereocenters. The molecule has 3 nitrogen and oxygen atoms in total. The van der Waals surface area contributed by atoms with E-state index in [0.717, 1.165) is 25.8 Å². The highest BCUT2D eigenvalue weighted by Gasteiger charge is 2.20. The van der Waals surface area contributed by atoms with Gasteiger partial charge in [0.2, 0.25) is 0 Å². The van der Waals surface area contributed by atoms with Gasteiger partial charge in [-0.05, 0) is 50.9 Å². The number of nitriles is 1. The minimum absolute atomic E-state index is 0.410. The average Bonchev–Trinajstić information content (AvgIpc) is 2.47. The molecule has 104 valence electrons. The topological polar surface area (TPSA) is 39.1 Å². The second kappa shape index (κ2) is 7.16. The average molecular weight is 259 g/mol. The van der Waals surface area contributed by atoms with Gasteiger partial charge in [-0.2, -0.15) is 5.26 Å². The lowest BCUT2D eigenvalue weighted by atomic mass is 9.98. The minimum Gasteiger partial charge on any atom is -0.375 e. The zero-order chi connectivity index (χ0) is 14.3. The summed E-state index contributed by atoms with van der Waals surface area (Å²) in [6, 6.07) is 11.0. The van der Waals surface area contributed by atoms with Crippen molar-refractivity contribution in [1.82, 2.24) is 5.32 Å². The lowest BCUT2D eigenvalue weighted by Crippen LogP contribution is -2.38. The molecule has 19 heavy (non-hydrogen) atoms. The van der Waals surface area contributed by atoms with Gasteiger partial charge in [0.05, 0.1) is 6.07 Å². The van der Waals surface area contributed by atoms with Crippen molar-refractivity contribution in [2.45, 2.75) is 38.6 Å². The Morgan fingerprint density at radius 2 is 1.95 bits per heavy atom. The van der Waals surface area contributed by atoms with Crippen molar-refractivity contribution in [1.29, 1.82) is 5.26 Å². The molecule has 1 aromatic carbocycles. The van der Waals surface area contributed by atoms with Crippen LogP contribution in [0, 0.1) is 11.3 Å². The monoisotopic (exact) mass is 259 g/mol. The Balaban J connectivity index is 2.47. The van der Waals surface area contributed by atoms with Gasteiger partial charge >= 0.3 is 0 Å². The Kier molecular flexibility index (Phi) is 5.85. The van der Waals surface area contributed by atoms with Crippen LogP contribution in [-0.4, -0.2) is 26.2 Å². The second-order valence-corrected chi connectivity index (χ2v) is 5.24. The first-order valence-electron chi connectivity index (χ1n) is 6.95. The van der Waals surface area contributed by atoms with E-state index in [1.165, 1.54) is 11.3 Å². The van der Waals surface area contributed by atoms with E-state index in [9.17, 15) is 0 Å². The third-order valence-electron chi connectivity index (χ3n) is 3.75. The fraction of sp³-hybridized carbons (Fsp3) is 0.562. The van der Waals surface area contributed by atoms with Crippen LogP contribution in [0.5, 0.6) is 0 Å². The van der Waals surface area contributed by atoms with Crippen LogP contribution in [0.4, 0.5) is 5.69 Å². The number of rotatable bonds is 7. The zero-order valence-electron chi connectivity index (χ0n) is 12.5. The zero-order valence-corrected chi connectivity index (χ0v) is 12.5. The Bertz CT molecular complexity index is 419. The van der Waals surface area contributed by atoms with E-state index < -0.39 is 5.54 Å². The van der Waals surface area contributed by atoms with Gasteiger partial charge in [-0.15, -0.1) is 0 Å². The molecule has 0 aliphatic rings. The maximum atomic E-state index is 9.10. The standard InChI is InChI=1S/C16H25N3/c1-5-14-7-9-15(10-8-14)19(4)12-6-11-16(2,13-17)18-3/h7-10,18H,5-6,11-12H2,1-4H3. The molecule has 1 aromatic rings. The number of aryl methyl sites for hydroxylation is 1. The molecule has 0 aliphatic carbocycles.